The average molecular weight is 321 g/mol. The molecule has 23 heavy (non-hydrogen) atoms. The molecule has 2 unspecified atom stereocenters. The number of hydrogen-bond acceptors (Lipinski definition) is 3. The van der Waals surface area contributed by atoms with Gasteiger partial charge in [0.05, 0.1) is 0 Å². The number of amides is 4. The third-order valence-corrected chi connectivity index (χ3v) is 5.38. The number of rotatable bonds is 2. The first kappa shape index (κ1) is 16.3. The Kier molecular flexibility index (Phi) is 3.89. The van der Waals surface area contributed by atoms with Crippen LogP contribution in [0.5, 0.6) is 0 Å². The van der Waals surface area contributed by atoms with Gasteiger partial charge >= 0.3 is 6.03 Å². The molecule has 0 aromatic heterocycles. The molecule has 2 aliphatic heterocycles. The number of carbonyl (C=O) groups excluding carboxylic acids is 3. The van der Waals surface area contributed by atoms with Gasteiger partial charge in [0.2, 0.25) is 5.91 Å². The van der Waals surface area contributed by atoms with E-state index in [1.54, 1.807) is 4.90 Å². The van der Waals surface area contributed by atoms with Crippen LogP contribution >= 0.6 is 0 Å². The monoisotopic (exact) mass is 321 g/mol. The van der Waals surface area contributed by atoms with E-state index in [2.05, 4.69) is 26.1 Å². The number of likely N-dealkylation sites (tertiary alicyclic amines) is 1. The molecule has 0 radical (unpaired) electrons. The number of nitrogens with one attached hydrogen (secondary N) is 1. The van der Waals surface area contributed by atoms with E-state index in [-0.39, 0.29) is 23.8 Å². The van der Waals surface area contributed by atoms with Crippen molar-refractivity contribution in [3.05, 3.63) is 0 Å². The van der Waals surface area contributed by atoms with Crippen LogP contribution in [0.25, 0.3) is 0 Å². The van der Waals surface area contributed by atoms with Gasteiger partial charge in [-0.05, 0) is 43.4 Å². The molecule has 6 nitrogen and oxygen atoms in total. The molecule has 0 aromatic rings. The molecule has 2 heterocycles. The van der Waals surface area contributed by atoms with Crippen LogP contribution in [0.15, 0.2) is 0 Å². The van der Waals surface area contributed by atoms with Gasteiger partial charge in [0.1, 0.15) is 12.1 Å². The van der Waals surface area contributed by atoms with Crippen LogP contribution in [0.3, 0.4) is 0 Å². The zero-order valence-electron chi connectivity index (χ0n) is 14.4. The lowest BCUT2D eigenvalue weighted by atomic mass is 9.64. The Morgan fingerprint density at radius 1 is 1.22 bits per heavy atom. The summed E-state index contributed by atoms with van der Waals surface area (Å²) in [4.78, 5) is 40.5. The Bertz CT molecular complexity index is 539. The molecule has 3 rings (SSSR count). The van der Waals surface area contributed by atoms with Crippen molar-refractivity contribution in [1.82, 2.24) is 15.1 Å². The Hall–Kier alpha value is -1.59. The first-order valence-electron chi connectivity index (χ1n) is 8.64. The minimum absolute atomic E-state index is 0.00950. The highest BCUT2D eigenvalue weighted by atomic mass is 16.2. The smallest absolute Gasteiger partial charge is 0.325 e. The highest BCUT2D eigenvalue weighted by Crippen LogP contribution is 2.46. The molecule has 1 spiro atoms. The largest absolute Gasteiger partial charge is 0.341 e. The minimum atomic E-state index is -0.816. The Morgan fingerprint density at radius 3 is 2.48 bits per heavy atom. The Balaban J connectivity index is 1.75. The summed E-state index contributed by atoms with van der Waals surface area (Å²) < 4.78 is 0. The number of hydrogen-bond donors (Lipinski definition) is 1. The first-order chi connectivity index (χ1) is 10.7. The molecule has 4 amide bonds. The van der Waals surface area contributed by atoms with E-state index in [4.69, 9.17) is 0 Å². The maximum absolute atomic E-state index is 12.9. The summed E-state index contributed by atoms with van der Waals surface area (Å²) >= 11 is 0. The molecular formula is C17H27N3O3. The van der Waals surface area contributed by atoms with Crippen molar-refractivity contribution < 1.29 is 14.4 Å². The van der Waals surface area contributed by atoms with E-state index in [1.807, 2.05) is 0 Å². The number of nitrogens with zero attached hydrogens (tertiary/aromatic N) is 2. The van der Waals surface area contributed by atoms with Crippen molar-refractivity contribution >= 4 is 17.8 Å². The molecule has 3 fully saturated rings. The van der Waals surface area contributed by atoms with Crippen LogP contribution in [0.2, 0.25) is 0 Å². The van der Waals surface area contributed by atoms with Crippen molar-refractivity contribution in [2.45, 2.75) is 58.4 Å². The molecule has 2 saturated heterocycles. The lowest BCUT2D eigenvalue weighted by Gasteiger charge is -2.43. The normalized spacial score (nSPS) is 33.4. The maximum Gasteiger partial charge on any atom is 0.325 e. The fourth-order valence-electron chi connectivity index (χ4n) is 4.85. The SMILES string of the molecule is CC1CC(C)(C)CC2(C1)NC(=O)N(CC(=O)N1CCCC1)C2=O. The van der Waals surface area contributed by atoms with Gasteiger partial charge in [-0.3, -0.25) is 14.5 Å². The highest BCUT2D eigenvalue weighted by Gasteiger charge is 2.56. The molecule has 128 valence electrons. The first-order valence-corrected chi connectivity index (χ1v) is 8.64. The van der Waals surface area contributed by atoms with Crippen LogP contribution < -0.4 is 5.32 Å². The zero-order valence-corrected chi connectivity index (χ0v) is 14.4. The molecule has 1 N–H and O–H groups in total. The van der Waals surface area contributed by atoms with Crippen molar-refractivity contribution in [1.29, 1.82) is 0 Å². The molecule has 3 aliphatic rings. The van der Waals surface area contributed by atoms with E-state index >= 15 is 0 Å². The van der Waals surface area contributed by atoms with Crippen LogP contribution in [0, 0.1) is 11.3 Å². The van der Waals surface area contributed by atoms with E-state index in [9.17, 15) is 14.4 Å². The van der Waals surface area contributed by atoms with Crippen LogP contribution in [-0.2, 0) is 9.59 Å². The lowest BCUT2D eigenvalue weighted by molar-refractivity contribution is -0.140. The summed E-state index contributed by atoms with van der Waals surface area (Å²) in [5.74, 6) is 0.0399. The fourth-order valence-corrected chi connectivity index (χ4v) is 4.85. The standard InChI is InChI=1S/C17H27N3O3/c1-12-8-16(2,3)11-17(9-12)14(22)20(15(23)18-17)10-13(21)19-6-4-5-7-19/h12H,4-11H2,1-3H3,(H,18,23). The van der Waals surface area contributed by atoms with Gasteiger partial charge in [-0.2, -0.15) is 0 Å². The van der Waals surface area contributed by atoms with Crippen LogP contribution in [-0.4, -0.2) is 52.8 Å². The highest BCUT2D eigenvalue weighted by molar-refractivity contribution is 6.09. The predicted molar refractivity (Wildman–Crippen MR) is 85.6 cm³/mol. The fraction of sp³-hybridized carbons (Fsp3) is 0.824. The summed E-state index contributed by atoms with van der Waals surface area (Å²) in [5.41, 5.74) is -0.806. The second kappa shape index (κ2) is 5.49. The summed E-state index contributed by atoms with van der Waals surface area (Å²) in [6.45, 7) is 7.75. The molecule has 0 aromatic carbocycles. The quantitative estimate of drug-likeness (QED) is 0.788. The van der Waals surface area contributed by atoms with E-state index < -0.39 is 11.6 Å². The van der Waals surface area contributed by atoms with Gasteiger partial charge < -0.3 is 10.2 Å². The number of imide groups is 1. The summed E-state index contributed by atoms with van der Waals surface area (Å²) in [6, 6.07) is -0.410. The average Bonchev–Trinajstić information content (AvgIpc) is 3.00. The van der Waals surface area contributed by atoms with Gasteiger partial charge in [-0.25, -0.2) is 4.79 Å². The third-order valence-electron chi connectivity index (χ3n) is 5.38. The molecule has 2 atom stereocenters. The van der Waals surface area contributed by atoms with Crippen LogP contribution in [0.1, 0.15) is 52.9 Å². The van der Waals surface area contributed by atoms with Gasteiger partial charge in [0.15, 0.2) is 0 Å². The zero-order chi connectivity index (χ0) is 16.8. The van der Waals surface area contributed by atoms with Gasteiger partial charge in [-0.1, -0.05) is 20.8 Å². The maximum atomic E-state index is 12.9. The third kappa shape index (κ3) is 2.95. The molecule has 0 bridgehead atoms. The van der Waals surface area contributed by atoms with E-state index in [0.29, 0.717) is 18.8 Å². The van der Waals surface area contributed by atoms with Crippen LogP contribution in [0.4, 0.5) is 4.79 Å². The number of urea groups is 1. The molecule has 1 aliphatic carbocycles. The summed E-state index contributed by atoms with van der Waals surface area (Å²) in [6.07, 6.45) is 4.35. The second-order valence-electron chi connectivity index (χ2n) is 8.35. The second-order valence-corrected chi connectivity index (χ2v) is 8.35. The summed E-state index contributed by atoms with van der Waals surface area (Å²) in [7, 11) is 0. The van der Waals surface area contributed by atoms with Gasteiger partial charge in [-0.15, -0.1) is 0 Å². The summed E-state index contributed by atoms with van der Waals surface area (Å²) in [5, 5.41) is 2.92. The lowest BCUT2D eigenvalue weighted by Crippen LogP contribution is -2.54. The molecule has 1 saturated carbocycles. The van der Waals surface area contributed by atoms with Crippen molar-refractivity contribution in [3.8, 4) is 0 Å². The Morgan fingerprint density at radius 2 is 1.87 bits per heavy atom. The number of carbonyl (C=O) groups is 3. The predicted octanol–water partition coefficient (Wildman–Crippen LogP) is 1.75. The molecular weight excluding hydrogens is 294 g/mol. The van der Waals surface area contributed by atoms with Crippen molar-refractivity contribution in [2.75, 3.05) is 19.6 Å². The van der Waals surface area contributed by atoms with Gasteiger partial charge in [0.25, 0.3) is 5.91 Å². The van der Waals surface area contributed by atoms with E-state index in [1.165, 1.54) is 0 Å². The minimum Gasteiger partial charge on any atom is -0.341 e. The van der Waals surface area contributed by atoms with Crippen molar-refractivity contribution in [2.24, 2.45) is 11.3 Å². The topological polar surface area (TPSA) is 69.7 Å². The van der Waals surface area contributed by atoms with E-state index in [0.717, 1.165) is 37.3 Å². The Labute approximate surface area is 137 Å². The van der Waals surface area contributed by atoms with Crippen molar-refractivity contribution in [3.63, 3.8) is 0 Å². The molecule has 6 heteroatoms. The van der Waals surface area contributed by atoms with Gasteiger partial charge in [0, 0.05) is 13.1 Å².